The van der Waals surface area contributed by atoms with Crippen molar-refractivity contribution >= 4 is 28.5 Å². The van der Waals surface area contributed by atoms with Crippen LogP contribution in [0.5, 0.6) is 0 Å². The molecule has 0 aromatic carbocycles. The van der Waals surface area contributed by atoms with E-state index in [0.717, 1.165) is 9.75 Å². The molecule has 0 aliphatic carbocycles. The van der Waals surface area contributed by atoms with E-state index in [2.05, 4.69) is 4.98 Å². The number of aromatic nitrogens is 1. The summed E-state index contributed by atoms with van der Waals surface area (Å²) in [4.78, 5) is 17.6. The molecule has 0 aliphatic heterocycles. The minimum Gasteiger partial charge on any atom is -0.317 e. The van der Waals surface area contributed by atoms with Gasteiger partial charge in [-0.2, -0.15) is 0 Å². The molecular weight excluding hydrogens is 228 g/mol. The fourth-order valence-electron chi connectivity index (χ4n) is 1.24. The van der Waals surface area contributed by atoms with Crippen LogP contribution in [-0.2, 0) is 11.2 Å². The van der Waals surface area contributed by atoms with Crippen LogP contribution in [0.1, 0.15) is 15.8 Å². The molecule has 0 amide bonds. The number of hydrogen-bond donors (Lipinski definition) is 1. The first kappa shape index (κ1) is 10.5. The van der Waals surface area contributed by atoms with Crippen molar-refractivity contribution in [2.24, 2.45) is 5.73 Å². The largest absolute Gasteiger partial charge is 0.317 e. The Labute approximate surface area is 95.6 Å². The number of hydrogen-bond acceptors (Lipinski definition) is 5. The van der Waals surface area contributed by atoms with Crippen LogP contribution < -0.4 is 5.73 Å². The number of thiophene rings is 1. The van der Waals surface area contributed by atoms with Crippen molar-refractivity contribution in [2.45, 2.75) is 12.5 Å². The van der Waals surface area contributed by atoms with Gasteiger partial charge in [-0.15, -0.1) is 22.7 Å². The average Bonchev–Trinajstić information content (AvgIpc) is 2.88. The molecule has 0 aliphatic rings. The van der Waals surface area contributed by atoms with Crippen molar-refractivity contribution in [1.82, 2.24) is 4.98 Å². The Kier molecular flexibility index (Phi) is 3.25. The molecule has 2 rings (SSSR count). The standard InChI is InChI=1S/C10H10N2OS2/c11-10(9-2-1-3-14-9)8(13)4-7-5-12-6-15-7/h1-3,5-6,10H,4,11H2. The van der Waals surface area contributed by atoms with Gasteiger partial charge in [-0.25, -0.2) is 0 Å². The third-order valence-electron chi connectivity index (χ3n) is 2.03. The van der Waals surface area contributed by atoms with Crippen LogP contribution in [0.25, 0.3) is 0 Å². The maximum atomic E-state index is 11.8. The summed E-state index contributed by atoms with van der Waals surface area (Å²) in [6.07, 6.45) is 2.09. The zero-order valence-corrected chi connectivity index (χ0v) is 9.55. The summed E-state index contributed by atoms with van der Waals surface area (Å²) in [5.74, 6) is 0.0432. The molecule has 78 valence electrons. The highest BCUT2D eigenvalue weighted by Gasteiger charge is 2.17. The van der Waals surface area contributed by atoms with Crippen LogP contribution in [0.15, 0.2) is 29.2 Å². The number of nitrogens with two attached hydrogens (primary N) is 1. The molecule has 5 heteroatoms. The van der Waals surface area contributed by atoms with Gasteiger partial charge in [-0.1, -0.05) is 6.07 Å². The number of nitrogens with zero attached hydrogens (tertiary/aromatic N) is 1. The van der Waals surface area contributed by atoms with Crippen LogP contribution in [0.3, 0.4) is 0 Å². The highest BCUT2D eigenvalue weighted by Crippen LogP contribution is 2.19. The molecule has 0 saturated heterocycles. The molecule has 0 spiro atoms. The van der Waals surface area contributed by atoms with E-state index in [1.807, 2.05) is 17.5 Å². The summed E-state index contributed by atoms with van der Waals surface area (Å²) in [6.45, 7) is 0. The predicted molar refractivity (Wildman–Crippen MR) is 62.1 cm³/mol. The fraction of sp³-hybridized carbons (Fsp3) is 0.200. The number of thiazole rings is 1. The number of carbonyl (C=O) groups is 1. The van der Waals surface area contributed by atoms with E-state index < -0.39 is 6.04 Å². The maximum absolute atomic E-state index is 11.8. The Morgan fingerprint density at radius 3 is 3.00 bits per heavy atom. The maximum Gasteiger partial charge on any atom is 0.160 e. The van der Waals surface area contributed by atoms with E-state index in [1.54, 1.807) is 11.7 Å². The molecule has 15 heavy (non-hydrogen) atoms. The van der Waals surface area contributed by atoms with Gasteiger partial charge in [0.1, 0.15) is 0 Å². The Morgan fingerprint density at radius 1 is 1.53 bits per heavy atom. The van der Waals surface area contributed by atoms with Gasteiger partial charge in [0.2, 0.25) is 0 Å². The molecule has 2 N–H and O–H groups in total. The second-order valence-corrected chi connectivity index (χ2v) is 5.05. The normalized spacial score (nSPS) is 12.6. The highest BCUT2D eigenvalue weighted by molar-refractivity contribution is 7.10. The molecule has 0 radical (unpaired) electrons. The quantitative estimate of drug-likeness (QED) is 0.886. The molecular formula is C10H10N2OS2. The molecule has 2 aromatic rings. The van der Waals surface area contributed by atoms with Crippen molar-refractivity contribution in [3.05, 3.63) is 39.0 Å². The summed E-state index contributed by atoms with van der Waals surface area (Å²) >= 11 is 3.00. The second-order valence-electron chi connectivity index (χ2n) is 3.10. The minimum absolute atomic E-state index is 0.0432. The van der Waals surface area contributed by atoms with E-state index in [1.165, 1.54) is 22.7 Å². The van der Waals surface area contributed by atoms with E-state index >= 15 is 0 Å². The molecule has 2 aromatic heterocycles. The summed E-state index contributed by atoms with van der Waals surface area (Å²) in [6, 6.07) is 3.30. The first-order valence-corrected chi connectivity index (χ1v) is 6.22. The fourth-order valence-corrected chi connectivity index (χ4v) is 2.59. The van der Waals surface area contributed by atoms with Crippen LogP contribution in [0, 0.1) is 0 Å². The number of Topliss-reactive ketones (excluding diaryl/α,β-unsaturated/α-hetero) is 1. The number of carbonyl (C=O) groups excluding carboxylic acids is 1. The van der Waals surface area contributed by atoms with Gasteiger partial charge < -0.3 is 5.73 Å². The SMILES string of the molecule is NC(C(=O)Cc1cncs1)c1cccs1. The summed E-state index contributed by atoms with van der Waals surface area (Å²) in [7, 11) is 0. The molecule has 0 bridgehead atoms. The number of ketones is 1. The van der Waals surface area contributed by atoms with Gasteiger partial charge in [0.15, 0.2) is 5.78 Å². The van der Waals surface area contributed by atoms with Crippen molar-refractivity contribution in [3.63, 3.8) is 0 Å². The van der Waals surface area contributed by atoms with Gasteiger partial charge in [-0.3, -0.25) is 9.78 Å². The Bertz CT molecular complexity index is 422. The van der Waals surface area contributed by atoms with Crippen molar-refractivity contribution in [1.29, 1.82) is 0 Å². The van der Waals surface area contributed by atoms with Crippen molar-refractivity contribution < 1.29 is 4.79 Å². The van der Waals surface area contributed by atoms with Gasteiger partial charge >= 0.3 is 0 Å². The van der Waals surface area contributed by atoms with E-state index in [-0.39, 0.29) is 5.78 Å². The molecule has 0 fully saturated rings. The smallest absolute Gasteiger partial charge is 0.160 e. The third kappa shape index (κ3) is 2.50. The Morgan fingerprint density at radius 2 is 2.40 bits per heavy atom. The molecule has 3 nitrogen and oxygen atoms in total. The lowest BCUT2D eigenvalue weighted by Gasteiger charge is -2.06. The molecule has 1 atom stereocenters. The average molecular weight is 238 g/mol. The van der Waals surface area contributed by atoms with Crippen molar-refractivity contribution in [2.75, 3.05) is 0 Å². The summed E-state index contributed by atoms with van der Waals surface area (Å²) in [5.41, 5.74) is 7.57. The van der Waals surface area contributed by atoms with Crippen molar-refractivity contribution in [3.8, 4) is 0 Å². The lowest BCUT2D eigenvalue weighted by Crippen LogP contribution is -2.21. The number of rotatable bonds is 4. The van der Waals surface area contributed by atoms with E-state index in [0.29, 0.717) is 6.42 Å². The summed E-state index contributed by atoms with van der Waals surface area (Å²) < 4.78 is 0. The lowest BCUT2D eigenvalue weighted by molar-refractivity contribution is -0.119. The Hall–Kier alpha value is -1.04. The van der Waals surface area contributed by atoms with E-state index in [9.17, 15) is 4.79 Å². The van der Waals surface area contributed by atoms with Crippen LogP contribution in [0.4, 0.5) is 0 Å². The first-order valence-electron chi connectivity index (χ1n) is 4.46. The van der Waals surface area contributed by atoms with Crippen LogP contribution >= 0.6 is 22.7 Å². The lowest BCUT2D eigenvalue weighted by atomic mass is 10.1. The van der Waals surface area contributed by atoms with Crippen LogP contribution in [-0.4, -0.2) is 10.8 Å². The van der Waals surface area contributed by atoms with Gasteiger partial charge in [0.25, 0.3) is 0 Å². The summed E-state index contributed by atoms with van der Waals surface area (Å²) in [5, 5.41) is 1.93. The topological polar surface area (TPSA) is 56.0 Å². The highest BCUT2D eigenvalue weighted by atomic mass is 32.1. The zero-order chi connectivity index (χ0) is 10.7. The van der Waals surface area contributed by atoms with E-state index in [4.69, 9.17) is 5.73 Å². The van der Waals surface area contributed by atoms with Gasteiger partial charge in [0.05, 0.1) is 11.6 Å². The molecule has 1 unspecified atom stereocenters. The van der Waals surface area contributed by atoms with Gasteiger partial charge in [0, 0.05) is 22.4 Å². The predicted octanol–water partition coefficient (Wildman–Crippen LogP) is 2.02. The van der Waals surface area contributed by atoms with Crippen LogP contribution in [0.2, 0.25) is 0 Å². The monoisotopic (exact) mass is 238 g/mol. The Balaban J connectivity index is 2.03. The first-order chi connectivity index (χ1) is 7.27. The second kappa shape index (κ2) is 4.65. The molecule has 2 heterocycles. The zero-order valence-electron chi connectivity index (χ0n) is 7.92. The minimum atomic E-state index is -0.493. The molecule has 0 saturated carbocycles. The van der Waals surface area contributed by atoms with Gasteiger partial charge in [-0.05, 0) is 11.4 Å². The third-order valence-corrected chi connectivity index (χ3v) is 3.76.